The van der Waals surface area contributed by atoms with Crippen molar-refractivity contribution in [2.24, 2.45) is 0 Å². The summed E-state index contributed by atoms with van der Waals surface area (Å²) >= 11 is 0. The van der Waals surface area contributed by atoms with Crippen LogP contribution < -0.4 is 10.6 Å². The molecule has 0 aliphatic carbocycles. The molecule has 6 heteroatoms. The van der Waals surface area contributed by atoms with Gasteiger partial charge in [-0.15, -0.1) is 0 Å². The zero-order chi connectivity index (χ0) is 18.2. The molecular weight excluding hydrogens is 328 g/mol. The number of fused-ring (bicyclic) bond motifs is 1. The number of benzene rings is 1. The lowest BCUT2D eigenvalue weighted by Gasteiger charge is -2.06. The number of imidazole rings is 1. The molecule has 0 radical (unpaired) electrons. The third-order valence-corrected chi connectivity index (χ3v) is 4.00. The molecule has 0 aliphatic rings. The average Bonchev–Trinajstić information content (AvgIpc) is 3.05. The van der Waals surface area contributed by atoms with Crippen LogP contribution in [-0.2, 0) is 22.4 Å². The van der Waals surface area contributed by atoms with Crippen molar-refractivity contribution < 1.29 is 9.59 Å². The summed E-state index contributed by atoms with van der Waals surface area (Å²) < 4.78 is 1.96. The van der Waals surface area contributed by atoms with Crippen LogP contribution in [0.5, 0.6) is 0 Å². The first-order valence-corrected chi connectivity index (χ1v) is 8.70. The van der Waals surface area contributed by atoms with Crippen LogP contribution in [0, 0.1) is 0 Å². The fourth-order valence-corrected chi connectivity index (χ4v) is 2.69. The largest absolute Gasteiger partial charge is 0.356 e. The van der Waals surface area contributed by atoms with Crippen LogP contribution in [0.15, 0.2) is 60.9 Å². The Kier molecular flexibility index (Phi) is 5.98. The van der Waals surface area contributed by atoms with E-state index >= 15 is 0 Å². The third kappa shape index (κ3) is 5.17. The van der Waals surface area contributed by atoms with Crippen molar-refractivity contribution in [3.05, 3.63) is 72.2 Å². The molecule has 134 valence electrons. The van der Waals surface area contributed by atoms with E-state index in [1.807, 2.05) is 65.3 Å². The van der Waals surface area contributed by atoms with E-state index < -0.39 is 0 Å². The van der Waals surface area contributed by atoms with Gasteiger partial charge < -0.3 is 15.0 Å². The maximum absolute atomic E-state index is 11.9. The van der Waals surface area contributed by atoms with E-state index in [0.29, 0.717) is 25.9 Å². The number of carbonyl (C=O) groups is 2. The van der Waals surface area contributed by atoms with Crippen molar-refractivity contribution in [1.82, 2.24) is 20.0 Å². The smallest absolute Gasteiger partial charge is 0.224 e. The Morgan fingerprint density at radius 2 is 1.69 bits per heavy atom. The number of hydrogen-bond donors (Lipinski definition) is 2. The van der Waals surface area contributed by atoms with Crippen molar-refractivity contribution in [2.45, 2.75) is 19.3 Å². The Hall–Kier alpha value is -3.15. The SMILES string of the molecule is O=C(CCNC(=O)Cc1ccccc1)NCCc1cn2ccccc2n1. The second kappa shape index (κ2) is 8.80. The van der Waals surface area contributed by atoms with Crippen molar-refractivity contribution in [1.29, 1.82) is 0 Å². The van der Waals surface area contributed by atoms with Gasteiger partial charge in [0.2, 0.25) is 11.8 Å². The minimum Gasteiger partial charge on any atom is -0.356 e. The number of hydrogen-bond acceptors (Lipinski definition) is 3. The van der Waals surface area contributed by atoms with Crippen LogP contribution in [0.1, 0.15) is 17.7 Å². The van der Waals surface area contributed by atoms with Crippen LogP contribution in [-0.4, -0.2) is 34.3 Å². The van der Waals surface area contributed by atoms with E-state index in [4.69, 9.17) is 0 Å². The van der Waals surface area contributed by atoms with Crippen molar-refractivity contribution >= 4 is 17.5 Å². The molecule has 2 aromatic heterocycles. The summed E-state index contributed by atoms with van der Waals surface area (Å²) in [7, 11) is 0. The number of nitrogens with one attached hydrogen (secondary N) is 2. The first-order chi connectivity index (χ1) is 12.7. The van der Waals surface area contributed by atoms with Gasteiger partial charge in [-0.05, 0) is 17.7 Å². The predicted octanol–water partition coefficient (Wildman–Crippen LogP) is 1.74. The highest BCUT2D eigenvalue weighted by Crippen LogP contribution is 2.04. The van der Waals surface area contributed by atoms with Crippen LogP contribution in [0.3, 0.4) is 0 Å². The van der Waals surface area contributed by atoms with E-state index in [1.165, 1.54) is 0 Å². The van der Waals surface area contributed by atoms with E-state index in [0.717, 1.165) is 16.9 Å². The van der Waals surface area contributed by atoms with Gasteiger partial charge in [0.15, 0.2) is 0 Å². The van der Waals surface area contributed by atoms with Crippen LogP contribution in [0.4, 0.5) is 0 Å². The first-order valence-electron chi connectivity index (χ1n) is 8.70. The van der Waals surface area contributed by atoms with Gasteiger partial charge in [-0.3, -0.25) is 9.59 Å². The lowest BCUT2D eigenvalue weighted by Crippen LogP contribution is -2.32. The molecule has 0 atom stereocenters. The molecule has 0 fully saturated rings. The summed E-state index contributed by atoms with van der Waals surface area (Å²) in [5.74, 6) is -0.150. The number of pyridine rings is 1. The Morgan fingerprint density at radius 3 is 2.50 bits per heavy atom. The summed E-state index contributed by atoms with van der Waals surface area (Å²) in [6.07, 6.45) is 5.18. The molecule has 1 aromatic carbocycles. The Labute approximate surface area is 152 Å². The Balaban J connectivity index is 1.32. The zero-order valence-corrected chi connectivity index (χ0v) is 14.5. The lowest BCUT2D eigenvalue weighted by molar-refractivity contribution is -0.122. The van der Waals surface area contributed by atoms with Gasteiger partial charge in [0.05, 0.1) is 12.1 Å². The topological polar surface area (TPSA) is 75.5 Å². The quantitative estimate of drug-likeness (QED) is 0.650. The predicted molar refractivity (Wildman–Crippen MR) is 99.7 cm³/mol. The first kappa shape index (κ1) is 17.7. The van der Waals surface area contributed by atoms with Gasteiger partial charge in [0, 0.05) is 38.3 Å². The Morgan fingerprint density at radius 1 is 0.923 bits per heavy atom. The molecule has 3 rings (SSSR count). The van der Waals surface area contributed by atoms with E-state index in [1.54, 1.807) is 0 Å². The molecule has 0 bridgehead atoms. The highest BCUT2D eigenvalue weighted by Gasteiger charge is 2.06. The molecule has 0 unspecified atom stereocenters. The number of amides is 2. The molecule has 0 saturated carbocycles. The normalized spacial score (nSPS) is 10.6. The minimum atomic E-state index is -0.0753. The second-order valence-electron chi connectivity index (χ2n) is 6.06. The standard InChI is InChI=1S/C20H22N4O2/c25-19(10-12-22-20(26)14-16-6-2-1-3-7-16)21-11-9-17-15-24-13-5-4-8-18(24)23-17/h1-8,13,15H,9-12,14H2,(H,21,25)(H,22,26). The van der Waals surface area contributed by atoms with Crippen LogP contribution in [0.25, 0.3) is 5.65 Å². The van der Waals surface area contributed by atoms with Gasteiger partial charge in [-0.25, -0.2) is 4.98 Å². The fourth-order valence-electron chi connectivity index (χ4n) is 2.69. The van der Waals surface area contributed by atoms with Gasteiger partial charge in [-0.2, -0.15) is 0 Å². The number of aromatic nitrogens is 2. The van der Waals surface area contributed by atoms with Gasteiger partial charge in [0.25, 0.3) is 0 Å². The minimum absolute atomic E-state index is 0.0752. The molecule has 0 saturated heterocycles. The van der Waals surface area contributed by atoms with Gasteiger partial charge in [-0.1, -0.05) is 36.4 Å². The maximum atomic E-state index is 11.9. The van der Waals surface area contributed by atoms with Crippen molar-refractivity contribution in [3.63, 3.8) is 0 Å². The van der Waals surface area contributed by atoms with Crippen LogP contribution in [0.2, 0.25) is 0 Å². The fraction of sp³-hybridized carbons (Fsp3) is 0.250. The summed E-state index contributed by atoms with van der Waals surface area (Å²) in [6.45, 7) is 0.868. The molecule has 0 spiro atoms. The average molecular weight is 350 g/mol. The van der Waals surface area contributed by atoms with E-state index in [9.17, 15) is 9.59 Å². The molecule has 2 N–H and O–H groups in total. The number of rotatable bonds is 8. The number of carbonyl (C=O) groups excluding carboxylic acids is 2. The molecule has 6 nitrogen and oxygen atoms in total. The molecule has 2 heterocycles. The third-order valence-electron chi connectivity index (χ3n) is 4.00. The van der Waals surface area contributed by atoms with E-state index in [2.05, 4.69) is 15.6 Å². The summed E-state index contributed by atoms with van der Waals surface area (Å²) in [4.78, 5) is 28.2. The Bertz CT molecular complexity index is 841. The summed E-state index contributed by atoms with van der Waals surface area (Å²) in [5.41, 5.74) is 2.80. The van der Waals surface area contributed by atoms with Gasteiger partial charge >= 0.3 is 0 Å². The molecule has 0 aliphatic heterocycles. The summed E-state index contributed by atoms with van der Waals surface area (Å²) in [6, 6.07) is 15.4. The maximum Gasteiger partial charge on any atom is 0.224 e. The van der Waals surface area contributed by atoms with Crippen LogP contribution >= 0.6 is 0 Å². The van der Waals surface area contributed by atoms with E-state index in [-0.39, 0.29) is 18.2 Å². The second-order valence-corrected chi connectivity index (χ2v) is 6.06. The zero-order valence-electron chi connectivity index (χ0n) is 14.5. The van der Waals surface area contributed by atoms with Gasteiger partial charge in [0.1, 0.15) is 5.65 Å². The summed E-state index contributed by atoms with van der Waals surface area (Å²) in [5, 5.41) is 5.63. The lowest BCUT2D eigenvalue weighted by atomic mass is 10.1. The van der Waals surface area contributed by atoms with Crippen molar-refractivity contribution in [3.8, 4) is 0 Å². The molecule has 2 amide bonds. The molecule has 3 aromatic rings. The van der Waals surface area contributed by atoms with Crippen molar-refractivity contribution in [2.75, 3.05) is 13.1 Å². The highest BCUT2D eigenvalue weighted by atomic mass is 16.2. The molecule has 26 heavy (non-hydrogen) atoms. The number of nitrogens with zero attached hydrogens (tertiary/aromatic N) is 2. The molecular formula is C20H22N4O2. The monoisotopic (exact) mass is 350 g/mol. The highest BCUT2D eigenvalue weighted by molar-refractivity contribution is 5.80.